The first-order chi connectivity index (χ1) is 31.6. The number of fused-ring (bicyclic) bond motifs is 2. The zero-order chi connectivity index (χ0) is 46.4. The smallest absolute Gasteiger partial charge is 0.251 e. The van der Waals surface area contributed by atoms with Gasteiger partial charge in [-0.25, -0.2) is 0 Å². The summed E-state index contributed by atoms with van der Waals surface area (Å²) < 4.78 is 11.2. The molecule has 0 aliphatic carbocycles. The van der Waals surface area contributed by atoms with E-state index in [0.717, 1.165) is 22.4 Å². The molecule has 3 heterocycles. The van der Waals surface area contributed by atoms with Gasteiger partial charge in [-0.3, -0.25) is 33.9 Å². The average molecular weight is 1150 g/mol. The molecule has 2 aromatic heterocycles. The van der Waals surface area contributed by atoms with Crippen molar-refractivity contribution in [2.24, 2.45) is 5.92 Å². The van der Waals surface area contributed by atoms with Crippen molar-refractivity contribution >= 4 is 98.9 Å². The first-order valence-corrected chi connectivity index (χ1v) is 25.6. The van der Waals surface area contributed by atoms with E-state index in [1.165, 1.54) is 0 Å². The van der Waals surface area contributed by atoms with Gasteiger partial charge in [-0.05, 0) is 60.9 Å². The molecule has 0 spiro atoms. The highest BCUT2D eigenvalue weighted by molar-refractivity contribution is 9.09. The summed E-state index contributed by atoms with van der Waals surface area (Å²) in [5.41, 5.74) is 7.08. The van der Waals surface area contributed by atoms with E-state index in [1.54, 1.807) is 29.2 Å². The second kappa shape index (κ2) is 27.8. The van der Waals surface area contributed by atoms with Gasteiger partial charge in [0.15, 0.2) is 0 Å². The van der Waals surface area contributed by atoms with E-state index in [1.807, 2.05) is 48.5 Å². The number of nitrogens with zero attached hydrogens (tertiary/aromatic N) is 3. The molecule has 0 radical (unpaired) electrons. The molecule has 0 atom stereocenters. The standard InChI is InChI=1S/C47H51Br4N7O7/c48-25-38-21-35(22-39(26-49)56-38)45(61)54-29-37(30-55-46(62)36-23-40(27-50)57-41(24-36)28-51)47(63)53-16-18-65-20-19-64-17-15-52-43(59)11-5-6-12-44(60)58-31-34-9-2-1-7-32(34)13-14-33-8-3-4-10-42(33)58/h1-4,7-10,21-24,37H,5-6,11-12,15-20,25-31H2,(H,52,59)(H,53,63)(H,54,61)(H,55,62). The molecule has 5 rings (SSSR count). The van der Waals surface area contributed by atoms with E-state index >= 15 is 0 Å². The predicted molar refractivity (Wildman–Crippen MR) is 263 cm³/mol. The maximum Gasteiger partial charge on any atom is 0.251 e. The van der Waals surface area contributed by atoms with Gasteiger partial charge < -0.3 is 35.6 Å². The maximum absolute atomic E-state index is 13.4. The monoisotopic (exact) mass is 1140 g/mol. The Morgan fingerprint density at radius 3 is 1.68 bits per heavy atom. The number of alkyl halides is 4. The number of carbonyl (C=O) groups excluding carboxylic acids is 5. The number of halogens is 4. The number of anilines is 1. The van der Waals surface area contributed by atoms with Gasteiger partial charge in [-0.1, -0.05) is 106 Å². The lowest BCUT2D eigenvalue weighted by atomic mass is 10.0. The van der Waals surface area contributed by atoms with Crippen LogP contribution in [0.25, 0.3) is 0 Å². The van der Waals surface area contributed by atoms with Gasteiger partial charge in [-0.2, -0.15) is 0 Å². The van der Waals surface area contributed by atoms with E-state index in [4.69, 9.17) is 9.47 Å². The number of pyridine rings is 2. The molecule has 14 nitrogen and oxygen atoms in total. The molecule has 2 aromatic carbocycles. The number of unbranched alkanes of at least 4 members (excludes halogenated alkanes) is 1. The van der Waals surface area contributed by atoms with Crippen molar-refractivity contribution in [3.63, 3.8) is 0 Å². The Hall–Kier alpha value is -4.51. The summed E-state index contributed by atoms with van der Waals surface area (Å²) in [6, 6.07) is 22.2. The molecule has 4 N–H and O–H groups in total. The van der Waals surface area contributed by atoms with Crippen molar-refractivity contribution < 1.29 is 33.4 Å². The number of ether oxygens (including phenoxy) is 2. The van der Waals surface area contributed by atoms with E-state index in [9.17, 15) is 24.0 Å². The third kappa shape index (κ3) is 16.7. The Labute approximate surface area is 413 Å². The van der Waals surface area contributed by atoms with Crippen molar-refractivity contribution in [2.45, 2.75) is 53.5 Å². The zero-order valence-corrected chi connectivity index (χ0v) is 42.1. The third-order valence-corrected chi connectivity index (χ3v) is 12.3. The van der Waals surface area contributed by atoms with Gasteiger partial charge >= 0.3 is 0 Å². The maximum atomic E-state index is 13.4. The number of para-hydroxylation sites is 1. The minimum Gasteiger partial charge on any atom is -0.377 e. The molecule has 18 heteroatoms. The van der Waals surface area contributed by atoms with E-state index in [-0.39, 0.29) is 69.0 Å². The summed E-state index contributed by atoms with van der Waals surface area (Å²) in [5, 5.41) is 13.2. The molecule has 5 amide bonds. The minimum absolute atomic E-state index is 0.00845. The summed E-state index contributed by atoms with van der Waals surface area (Å²) in [6.45, 7) is 1.93. The van der Waals surface area contributed by atoms with Crippen molar-refractivity contribution in [3.8, 4) is 11.8 Å². The molecule has 0 fully saturated rings. The van der Waals surface area contributed by atoms with Crippen LogP contribution in [0.5, 0.6) is 0 Å². The fourth-order valence-electron chi connectivity index (χ4n) is 6.70. The van der Waals surface area contributed by atoms with E-state index in [2.05, 4.69) is 107 Å². The van der Waals surface area contributed by atoms with Crippen molar-refractivity contribution in [1.29, 1.82) is 0 Å². The van der Waals surface area contributed by atoms with Crippen LogP contribution in [0.2, 0.25) is 0 Å². The van der Waals surface area contributed by atoms with Crippen LogP contribution in [0.3, 0.4) is 0 Å². The lowest BCUT2D eigenvalue weighted by molar-refractivity contribution is -0.125. The number of carbonyl (C=O) groups is 5. The summed E-state index contributed by atoms with van der Waals surface area (Å²) >= 11 is 13.6. The number of rotatable bonds is 25. The molecular formula is C47H51Br4N7O7. The van der Waals surface area contributed by atoms with Crippen LogP contribution < -0.4 is 26.2 Å². The molecular weight excluding hydrogens is 1090 g/mol. The SMILES string of the molecule is O=C(CCCCC(=O)N1Cc2ccccc2C#Cc2ccccc21)NCCOCCOCCNC(=O)C(CNC(=O)c1cc(CBr)nc(CBr)c1)CNC(=O)c1cc(CBr)nc(CBr)c1. The number of benzene rings is 2. The second-order valence-corrected chi connectivity index (χ2v) is 17.0. The Morgan fingerprint density at radius 1 is 0.615 bits per heavy atom. The van der Waals surface area contributed by atoms with Crippen LogP contribution in [-0.2, 0) is 51.7 Å². The minimum atomic E-state index is -0.799. The summed E-state index contributed by atoms with van der Waals surface area (Å²) in [5.74, 6) is 4.41. The molecule has 344 valence electrons. The highest BCUT2D eigenvalue weighted by atomic mass is 79.9. The quantitative estimate of drug-likeness (QED) is 0.0323. The lowest BCUT2D eigenvalue weighted by Crippen LogP contribution is -2.45. The molecule has 1 aliphatic heterocycles. The molecule has 65 heavy (non-hydrogen) atoms. The Morgan fingerprint density at radius 2 is 1.11 bits per heavy atom. The first-order valence-electron chi connectivity index (χ1n) is 21.1. The van der Waals surface area contributed by atoms with Gasteiger partial charge in [0.2, 0.25) is 17.7 Å². The fourth-order valence-corrected chi connectivity index (χ4v) is 7.85. The molecule has 0 bridgehead atoms. The number of aromatic nitrogens is 2. The number of hydrogen-bond acceptors (Lipinski definition) is 9. The molecule has 0 saturated heterocycles. The average Bonchev–Trinajstić information content (AvgIpc) is 3.33. The zero-order valence-electron chi connectivity index (χ0n) is 35.7. The Kier molecular flexibility index (Phi) is 22.1. The van der Waals surface area contributed by atoms with Gasteiger partial charge in [-0.15, -0.1) is 0 Å². The van der Waals surface area contributed by atoms with E-state index < -0.39 is 5.92 Å². The van der Waals surface area contributed by atoms with Gasteiger partial charge in [0.25, 0.3) is 11.8 Å². The molecule has 1 aliphatic rings. The van der Waals surface area contributed by atoms with Gasteiger partial charge in [0.05, 0.1) is 67.4 Å². The molecule has 4 aromatic rings. The lowest BCUT2D eigenvalue weighted by Gasteiger charge is -2.26. The summed E-state index contributed by atoms with van der Waals surface area (Å²) in [4.78, 5) is 76.4. The summed E-state index contributed by atoms with van der Waals surface area (Å²) in [7, 11) is 0. The number of hydrogen-bond donors (Lipinski definition) is 4. The van der Waals surface area contributed by atoms with Crippen LogP contribution in [0.1, 0.15) is 85.9 Å². The number of nitrogens with one attached hydrogen (secondary N) is 4. The van der Waals surface area contributed by atoms with Crippen LogP contribution >= 0.6 is 63.7 Å². The van der Waals surface area contributed by atoms with Crippen molar-refractivity contribution in [2.75, 3.05) is 57.5 Å². The van der Waals surface area contributed by atoms with Gasteiger partial charge in [0, 0.05) is 82.6 Å². The molecule has 0 saturated carbocycles. The third-order valence-electron chi connectivity index (χ3n) is 10.0. The normalized spacial score (nSPS) is 11.6. The topological polar surface area (TPSA) is 181 Å². The van der Waals surface area contributed by atoms with Crippen LogP contribution in [-0.4, -0.2) is 92.1 Å². The summed E-state index contributed by atoms with van der Waals surface area (Å²) in [6.07, 6.45) is 1.76. The van der Waals surface area contributed by atoms with Crippen molar-refractivity contribution in [3.05, 3.63) is 123 Å². The Bertz CT molecular complexity index is 2230. The second-order valence-electron chi connectivity index (χ2n) is 14.8. The van der Waals surface area contributed by atoms with Crippen LogP contribution in [0.4, 0.5) is 5.69 Å². The van der Waals surface area contributed by atoms with E-state index in [0.29, 0.717) is 101 Å². The highest BCUT2D eigenvalue weighted by Gasteiger charge is 2.23. The van der Waals surface area contributed by atoms with Gasteiger partial charge in [0.1, 0.15) is 0 Å². The Balaban J connectivity index is 0.975. The molecule has 0 unspecified atom stereocenters. The number of amides is 5. The largest absolute Gasteiger partial charge is 0.377 e. The highest BCUT2D eigenvalue weighted by Crippen LogP contribution is 2.26. The fraction of sp³-hybridized carbons (Fsp3) is 0.383. The first kappa shape index (κ1) is 51.5. The van der Waals surface area contributed by atoms with Crippen LogP contribution in [0, 0.1) is 17.8 Å². The van der Waals surface area contributed by atoms with Crippen molar-refractivity contribution in [1.82, 2.24) is 31.2 Å². The van der Waals surface area contributed by atoms with Crippen LogP contribution in [0.15, 0.2) is 72.8 Å². The predicted octanol–water partition coefficient (Wildman–Crippen LogP) is 6.60.